The Bertz CT molecular complexity index is 425. The third-order valence-corrected chi connectivity index (χ3v) is 4.96. The number of nitrogens with one attached hydrogen (secondary N) is 1. The monoisotopic (exact) mass is 296 g/mol. The summed E-state index contributed by atoms with van der Waals surface area (Å²) in [5.41, 5.74) is 0.881. The van der Waals surface area contributed by atoms with Crippen molar-refractivity contribution in [3.8, 4) is 0 Å². The van der Waals surface area contributed by atoms with Crippen LogP contribution in [0.15, 0.2) is 5.38 Å². The van der Waals surface area contributed by atoms with Crippen LogP contribution in [0, 0.1) is 11.8 Å². The number of aliphatic carboxylic acids is 1. The van der Waals surface area contributed by atoms with Crippen molar-refractivity contribution in [3.63, 3.8) is 0 Å². The van der Waals surface area contributed by atoms with E-state index in [1.807, 2.05) is 5.38 Å². The molecule has 1 fully saturated rings. The molecule has 0 atom stereocenters. The Kier molecular flexibility index (Phi) is 5.83. The van der Waals surface area contributed by atoms with E-state index in [1.165, 1.54) is 32.1 Å². The number of nitrogens with zero attached hydrogens (tertiary/aromatic N) is 1. The third-order valence-electron chi connectivity index (χ3n) is 4.11. The zero-order valence-corrected chi connectivity index (χ0v) is 12.9. The van der Waals surface area contributed by atoms with Gasteiger partial charge in [0.25, 0.3) is 0 Å². The first kappa shape index (κ1) is 15.3. The van der Waals surface area contributed by atoms with Crippen molar-refractivity contribution < 1.29 is 9.90 Å². The summed E-state index contributed by atoms with van der Waals surface area (Å²) < 4.78 is 0. The molecule has 1 heterocycles. The van der Waals surface area contributed by atoms with Crippen molar-refractivity contribution >= 4 is 22.4 Å². The van der Waals surface area contributed by atoms with E-state index in [9.17, 15) is 4.79 Å². The second kappa shape index (κ2) is 7.62. The second-order valence-corrected chi connectivity index (χ2v) is 6.74. The van der Waals surface area contributed by atoms with Crippen LogP contribution in [0.5, 0.6) is 0 Å². The standard InChI is InChI=1S/C15H24N2O2S/c1-11-2-4-12(5-3-11)8-9-16-15-17-13(10-20-15)6-7-14(18)19/h10-12H,2-9H2,1H3,(H,16,17)(H,18,19). The maximum atomic E-state index is 10.5. The van der Waals surface area contributed by atoms with Gasteiger partial charge in [0.1, 0.15) is 0 Å². The lowest BCUT2D eigenvalue weighted by Crippen LogP contribution is -2.15. The van der Waals surface area contributed by atoms with E-state index >= 15 is 0 Å². The second-order valence-electron chi connectivity index (χ2n) is 5.88. The molecule has 4 nitrogen and oxygen atoms in total. The van der Waals surface area contributed by atoms with Gasteiger partial charge in [-0.3, -0.25) is 4.79 Å². The first-order valence-corrected chi connectivity index (χ1v) is 8.41. The average molecular weight is 296 g/mol. The molecule has 112 valence electrons. The van der Waals surface area contributed by atoms with Crippen LogP contribution >= 0.6 is 11.3 Å². The fourth-order valence-electron chi connectivity index (χ4n) is 2.74. The Morgan fingerprint density at radius 1 is 1.45 bits per heavy atom. The van der Waals surface area contributed by atoms with Crippen LogP contribution < -0.4 is 5.32 Å². The van der Waals surface area contributed by atoms with E-state index in [-0.39, 0.29) is 6.42 Å². The molecule has 0 aromatic carbocycles. The summed E-state index contributed by atoms with van der Waals surface area (Å²) in [5, 5.41) is 14.9. The van der Waals surface area contributed by atoms with Gasteiger partial charge in [-0.2, -0.15) is 0 Å². The van der Waals surface area contributed by atoms with Crippen molar-refractivity contribution in [1.82, 2.24) is 4.98 Å². The zero-order valence-electron chi connectivity index (χ0n) is 12.1. The van der Waals surface area contributed by atoms with Crippen LogP contribution in [0.1, 0.15) is 51.1 Å². The van der Waals surface area contributed by atoms with Gasteiger partial charge in [0.2, 0.25) is 0 Å². The molecule has 2 N–H and O–H groups in total. The number of aromatic nitrogens is 1. The van der Waals surface area contributed by atoms with Crippen molar-refractivity contribution in [3.05, 3.63) is 11.1 Å². The Balaban J connectivity index is 1.65. The topological polar surface area (TPSA) is 62.2 Å². The molecule has 2 rings (SSSR count). The smallest absolute Gasteiger partial charge is 0.303 e. The average Bonchev–Trinajstić information content (AvgIpc) is 2.87. The lowest BCUT2D eigenvalue weighted by molar-refractivity contribution is -0.136. The van der Waals surface area contributed by atoms with Crippen molar-refractivity contribution in [2.45, 2.75) is 51.9 Å². The van der Waals surface area contributed by atoms with Gasteiger partial charge >= 0.3 is 5.97 Å². The van der Waals surface area contributed by atoms with Crippen LogP contribution in [-0.2, 0) is 11.2 Å². The van der Waals surface area contributed by atoms with Gasteiger partial charge in [0, 0.05) is 18.3 Å². The van der Waals surface area contributed by atoms with Gasteiger partial charge in [-0.05, 0) is 18.3 Å². The van der Waals surface area contributed by atoms with Crippen LogP contribution in [0.2, 0.25) is 0 Å². The number of thiazole rings is 1. The van der Waals surface area contributed by atoms with E-state index in [4.69, 9.17) is 5.11 Å². The molecule has 1 aliphatic carbocycles. The lowest BCUT2D eigenvalue weighted by Gasteiger charge is -2.26. The molecule has 0 bridgehead atoms. The Hall–Kier alpha value is -1.10. The summed E-state index contributed by atoms with van der Waals surface area (Å²) in [6, 6.07) is 0. The molecular formula is C15H24N2O2S. The number of carboxylic acids is 1. The summed E-state index contributed by atoms with van der Waals surface area (Å²) in [7, 11) is 0. The number of rotatable bonds is 7. The first-order valence-electron chi connectivity index (χ1n) is 7.53. The first-order chi connectivity index (χ1) is 9.63. The minimum Gasteiger partial charge on any atom is -0.481 e. The molecule has 1 saturated carbocycles. The Morgan fingerprint density at radius 2 is 2.20 bits per heavy atom. The molecule has 1 aliphatic rings. The molecule has 0 saturated heterocycles. The predicted molar refractivity (Wildman–Crippen MR) is 82.3 cm³/mol. The highest BCUT2D eigenvalue weighted by atomic mass is 32.1. The molecule has 1 aromatic rings. The summed E-state index contributed by atoms with van der Waals surface area (Å²) >= 11 is 1.57. The summed E-state index contributed by atoms with van der Waals surface area (Å²) in [6.45, 7) is 3.33. The van der Waals surface area contributed by atoms with E-state index in [2.05, 4.69) is 17.2 Å². The fourth-order valence-corrected chi connectivity index (χ4v) is 3.51. The molecule has 0 aliphatic heterocycles. The minimum absolute atomic E-state index is 0.156. The van der Waals surface area contributed by atoms with E-state index < -0.39 is 5.97 Å². The van der Waals surface area contributed by atoms with Crippen molar-refractivity contribution in [1.29, 1.82) is 0 Å². The van der Waals surface area contributed by atoms with Crippen LogP contribution in [0.3, 0.4) is 0 Å². The molecule has 0 spiro atoms. The number of aryl methyl sites for hydroxylation is 1. The maximum Gasteiger partial charge on any atom is 0.303 e. The predicted octanol–water partition coefficient (Wildman–Crippen LogP) is 3.79. The van der Waals surface area contributed by atoms with Gasteiger partial charge in [0.15, 0.2) is 5.13 Å². The highest BCUT2D eigenvalue weighted by Crippen LogP contribution is 2.30. The molecule has 5 heteroatoms. The van der Waals surface area contributed by atoms with Gasteiger partial charge in [-0.15, -0.1) is 11.3 Å². The number of hydrogen-bond acceptors (Lipinski definition) is 4. The lowest BCUT2D eigenvalue weighted by atomic mass is 9.81. The van der Waals surface area contributed by atoms with Crippen LogP contribution in [0.25, 0.3) is 0 Å². The summed E-state index contributed by atoms with van der Waals surface area (Å²) in [4.78, 5) is 14.9. The van der Waals surface area contributed by atoms with E-state index in [0.717, 1.165) is 29.2 Å². The third kappa shape index (κ3) is 5.12. The van der Waals surface area contributed by atoms with Gasteiger partial charge in [-0.1, -0.05) is 32.6 Å². The van der Waals surface area contributed by atoms with E-state index in [1.54, 1.807) is 11.3 Å². The van der Waals surface area contributed by atoms with Gasteiger partial charge < -0.3 is 10.4 Å². The minimum atomic E-state index is -0.765. The van der Waals surface area contributed by atoms with Gasteiger partial charge in [-0.25, -0.2) is 4.98 Å². The molecule has 0 unspecified atom stereocenters. The Morgan fingerprint density at radius 3 is 2.90 bits per heavy atom. The highest BCUT2D eigenvalue weighted by molar-refractivity contribution is 7.13. The molecule has 0 amide bonds. The summed E-state index contributed by atoms with van der Waals surface area (Å²) in [5.74, 6) is 1.01. The van der Waals surface area contributed by atoms with Gasteiger partial charge in [0.05, 0.1) is 12.1 Å². The normalized spacial score (nSPS) is 22.6. The van der Waals surface area contributed by atoms with Crippen molar-refractivity contribution in [2.24, 2.45) is 11.8 Å². The highest BCUT2D eigenvalue weighted by Gasteiger charge is 2.17. The Labute approximate surface area is 124 Å². The fraction of sp³-hybridized carbons (Fsp3) is 0.733. The maximum absolute atomic E-state index is 10.5. The van der Waals surface area contributed by atoms with E-state index in [0.29, 0.717) is 6.42 Å². The quantitative estimate of drug-likeness (QED) is 0.803. The molecule has 0 radical (unpaired) electrons. The largest absolute Gasteiger partial charge is 0.481 e. The number of carbonyl (C=O) groups is 1. The van der Waals surface area contributed by atoms with Crippen LogP contribution in [0.4, 0.5) is 5.13 Å². The molecule has 20 heavy (non-hydrogen) atoms. The summed E-state index contributed by atoms with van der Waals surface area (Å²) in [6.07, 6.45) is 7.38. The number of carboxylic acid groups (broad SMARTS) is 1. The van der Waals surface area contributed by atoms with Crippen molar-refractivity contribution in [2.75, 3.05) is 11.9 Å². The molecule has 1 aromatic heterocycles. The zero-order chi connectivity index (χ0) is 14.4. The SMILES string of the molecule is CC1CCC(CCNc2nc(CCC(=O)O)cs2)CC1. The number of anilines is 1. The molecular weight excluding hydrogens is 272 g/mol. The number of hydrogen-bond donors (Lipinski definition) is 2. The van der Waals surface area contributed by atoms with Crippen LogP contribution in [-0.4, -0.2) is 22.6 Å².